The van der Waals surface area contributed by atoms with Crippen LogP contribution in [-0.4, -0.2) is 24.6 Å². The molecule has 0 N–H and O–H groups in total. The molecular weight excluding hydrogens is 698 g/mol. The third kappa shape index (κ3) is 74.1. The average Bonchev–Trinajstić information content (AvgIpc) is 2.69. The van der Waals surface area contributed by atoms with E-state index in [1.807, 2.05) is 58.0 Å². The molecule has 0 aromatic rings. The summed E-state index contributed by atoms with van der Waals surface area (Å²) < 4.78 is 0. The highest BCUT2D eigenvalue weighted by Gasteiger charge is 1.92. The van der Waals surface area contributed by atoms with Gasteiger partial charge in [0.05, 0.1) is 30.3 Å². The molecule has 0 fully saturated rings. The number of alkyl halides is 5. The first-order chi connectivity index (χ1) is 13.6. The fraction of sp³-hybridized carbons (Fsp3) is 0.737. The Hall–Kier alpha value is -0.150. The van der Waals surface area contributed by atoms with Gasteiger partial charge in [0.25, 0.3) is 0 Å². The third-order valence-corrected chi connectivity index (χ3v) is 4.70. The van der Waals surface area contributed by atoms with Crippen molar-refractivity contribution in [3.8, 4) is 30.3 Å². The Morgan fingerprint density at radius 1 is 0.655 bits per heavy atom. The van der Waals surface area contributed by atoms with Gasteiger partial charge in [-0.15, -0.1) is 0 Å². The summed E-state index contributed by atoms with van der Waals surface area (Å²) in [4.78, 5) is 0.806. The molecule has 0 heterocycles. The van der Waals surface area contributed by atoms with Gasteiger partial charge >= 0.3 is 0 Å². The van der Waals surface area contributed by atoms with Gasteiger partial charge in [-0.2, -0.15) is 26.3 Å². The molecule has 164 valence electrons. The van der Waals surface area contributed by atoms with Gasteiger partial charge in [0.2, 0.25) is 0 Å². The zero-order valence-electron chi connectivity index (χ0n) is 17.2. The Kier molecular flexibility index (Phi) is 52.2. The Morgan fingerprint density at radius 2 is 0.966 bits per heavy atom. The number of nitriles is 5. The van der Waals surface area contributed by atoms with E-state index in [1.165, 1.54) is 0 Å². The molecule has 0 aromatic carbocycles. The van der Waals surface area contributed by atoms with E-state index >= 15 is 0 Å². The number of rotatable bonds is 5. The minimum absolute atomic E-state index is 0.0532. The van der Waals surface area contributed by atoms with Crippen LogP contribution in [0.2, 0.25) is 0 Å². The summed E-state index contributed by atoms with van der Waals surface area (Å²) in [6.45, 7) is 7.82. The Morgan fingerprint density at radius 3 is 0.966 bits per heavy atom. The smallest absolute Gasteiger partial charge is 0.101 e. The molecule has 0 spiro atoms. The average molecular weight is 726 g/mol. The van der Waals surface area contributed by atoms with Crippen molar-refractivity contribution in [2.45, 2.75) is 79.1 Å². The van der Waals surface area contributed by atoms with Gasteiger partial charge in [-0.3, -0.25) is 0 Å². The molecule has 0 saturated carbocycles. The largest absolute Gasteiger partial charge is 0.198 e. The standard InChI is InChI=1S/4C4H6BrN.C3H4BrN/c2*1-4(5)2-3-6;2*1-2-4(5)3-6;4-2-1-3-5/h4*4H,2H2,1H3;1-2H2. The molecule has 0 aliphatic heterocycles. The van der Waals surface area contributed by atoms with Gasteiger partial charge < -0.3 is 0 Å². The minimum Gasteiger partial charge on any atom is -0.198 e. The summed E-state index contributed by atoms with van der Waals surface area (Å²) in [7, 11) is 0. The predicted molar refractivity (Wildman–Crippen MR) is 138 cm³/mol. The van der Waals surface area contributed by atoms with E-state index in [-0.39, 0.29) is 9.65 Å². The molecule has 0 bridgehead atoms. The number of nitrogens with zero attached hydrogens (tertiary/aromatic N) is 5. The Balaban J connectivity index is -0.0000000829. The van der Waals surface area contributed by atoms with Crippen molar-refractivity contribution < 1.29 is 0 Å². The van der Waals surface area contributed by atoms with Gasteiger partial charge in [0, 0.05) is 34.2 Å². The van der Waals surface area contributed by atoms with E-state index in [2.05, 4.69) is 79.6 Å². The van der Waals surface area contributed by atoms with Crippen LogP contribution >= 0.6 is 79.6 Å². The van der Waals surface area contributed by atoms with Crippen LogP contribution in [0.25, 0.3) is 0 Å². The van der Waals surface area contributed by atoms with Crippen molar-refractivity contribution in [3.05, 3.63) is 0 Å². The summed E-state index contributed by atoms with van der Waals surface area (Å²) in [5.74, 6) is 0. The summed E-state index contributed by atoms with van der Waals surface area (Å²) in [5.41, 5.74) is 0. The highest BCUT2D eigenvalue weighted by Crippen LogP contribution is 2.01. The van der Waals surface area contributed by atoms with Crippen LogP contribution in [0.3, 0.4) is 0 Å². The molecule has 0 aliphatic rings. The molecular formula is C19H28Br5N5. The highest BCUT2D eigenvalue weighted by atomic mass is 79.9. The zero-order chi connectivity index (χ0) is 24.1. The molecule has 5 nitrogen and oxygen atoms in total. The van der Waals surface area contributed by atoms with E-state index in [9.17, 15) is 0 Å². The lowest BCUT2D eigenvalue weighted by atomic mass is 10.4. The second-order valence-corrected chi connectivity index (χ2v) is 11.0. The lowest BCUT2D eigenvalue weighted by Crippen LogP contribution is -1.85. The van der Waals surface area contributed by atoms with Crippen LogP contribution in [0.1, 0.15) is 59.8 Å². The minimum atomic E-state index is 0.0532. The highest BCUT2D eigenvalue weighted by molar-refractivity contribution is 9.10. The SMILES string of the molecule is CC(Br)CC#N.CC(Br)CC#N.CCC(Br)C#N.CCC(Br)C#N.N#CCCBr. The maximum absolute atomic E-state index is 8.04. The van der Waals surface area contributed by atoms with E-state index in [1.54, 1.807) is 0 Å². The zero-order valence-corrected chi connectivity index (χ0v) is 25.1. The van der Waals surface area contributed by atoms with Crippen LogP contribution in [-0.2, 0) is 0 Å². The lowest BCUT2D eigenvalue weighted by Gasteiger charge is -1.85. The fourth-order valence-electron chi connectivity index (χ4n) is 0.476. The van der Waals surface area contributed by atoms with Crippen molar-refractivity contribution in [1.29, 1.82) is 26.3 Å². The van der Waals surface area contributed by atoms with E-state index in [0.717, 1.165) is 18.2 Å². The summed E-state index contributed by atoms with van der Waals surface area (Å²) >= 11 is 15.7. The first-order valence-electron chi connectivity index (χ1n) is 8.60. The normalized spacial score (nSPS) is 11.7. The van der Waals surface area contributed by atoms with Crippen LogP contribution in [0.4, 0.5) is 0 Å². The molecule has 0 radical (unpaired) electrons. The molecule has 0 amide bonds. The van der Waals surface area contributed by atoms with Crippen LogP contribution < -0.4 is 0 Å². The lowest BCUT2D eigenvalue weighted by molar-refractivity contribution is 1.00. The van der Waals surface area contributed by atoms with Crippen molar-refractivity contribution in [2.24, 2.45) is 0 Å². The number of hydrogen-bond donors (Lipinski definition) is 0. The monoisotopic (exact) mass is 721 g/mol. The Bertz CT molecular complexity index is 482. The molecule has 0 aliphatic carbocycles. The fourth-order valence-corrected chi connectivity index (χ4v) is 0.943. The maximum atomic E-state index is 8.04. The van der Waals surface area contributed by atoms with Crippen LogP contribution in [0, 0.1) is 56.7 Å². The van der Waals surface area contributed by atoms with Crippen LogP contribution in [0.5, 0.6) is 0 Å². The van der Waals surface area contributed by atoms with Gasteiger partial charge in [-0.1, -0.05) is 107 Å². The molecule has 4 atom stereocenters. The number of hydrogen-bond acceptors (Lipinski definition) is 5. The predicted octanol–water partition coefficient (Wildman–Crippen LogP) is 8.03. The quantitative estimate of drug-likeness (QED) is 0.266. The number of halogens is 5. The molecule has 29 heavy (non-hydrogen) atoms. The molecule has 4 unspecified atom stereocenters. The first kappa shape index (κ1) is 39.3. The van der Waals surface area contributed by atoms with E-state index < -0.39 is 0 Å². The second-order valence-electron chi connectivity index (χ2n) is 4.89. The molecule has 0 saturated heterocycles. The summed E-state index contributed by atoms with van der Waals surface area (Å²) in [5, 5.41) is 40.6. The first-order valence-corrected chi connectivity index (χ1v) is 13.4. The van der Waals surface area contributed by atoms with Crippen molar-refractivity contribution in [2.75, 3.05) is 5.33 Å². The van der Waals surface area contributed by atoms with Crippen molar-refractivity contribution in [1.82, 2.24) is 0 Å². The topological polar surface area (TPSA) is 119 Å². The molecule has 10 heteroatoms. The van der Waals surface area contributed by atoms with Gasteiger partial charge in [-0.05, 0) is 12.8 Å². The second kappa shape index (κ2) is 38.5. The van der Waals surface area contributed by atoms with Gasteiger partial charge in [0.15, 0.2) is 0 Å². The maximum Gasteiger partial charge on any atom is 0.101 e. The summed E-state index contributed by atoms with van der Waals surface area (Å²) in [6, 6.07) is 10.1. The van der Waals surface area contributed by atoms with E-state index in [4.69, 9.17) is 26.3 Å². The molecule has 0 aromatic heterocycles. The Labute approximate surface area is 219 Å². The summed E-state index contributed by atoms with van der Waals surface area (Å²) in [6.07, 6.45) is 3.58. The van der Waals surface area contributed by atoms with Gasteiger partial charge in [-0.25, -0.2) is 0 Å². The van der Waals surface area contributed by atoms with Crippen LogP contribution in [0.15, 0.2) is 0 Å². The molecule has 0 rings (SSSR count). The van der Waals surface area contributed by atoms with Crippen molar-refractivity contribution >= 4 is 79.6 Å². The van der Waals surface area contributed by atoms with E-state index in [0.29, 0.717) is 28.9 Å². The van der Waals surface area contributed by atoms with Crippen molar-refractivity contribution in [3.63, 3.8) is 0 Å². The van der Waals surface area contributed by atoms with Gasteiger partial charge in [0.1, 0.15) is 9.65 Å². The third-order valence-electron chi connectivity index (χ3n) is 1.95.